The van der Waals surface area contributed by atoms with E-state index in [0.717, 1.165) is 0 Å². The molecule has 3 N–H and O–H groups in total. The van der Waals surface area contributed by atoms with E-state index in [1.807, 2.05) is 0 Å². The van der Waals surface area contributed by atoms with E-state index in [1.165, 1.54) is 6.33 Å². The summed E-state index contributed by atoms with van der Waals surface area (Å²) in [5.41, 5.74) is 6.85. The van der Waals surface area contributed by atoms with Gasteiger partial charge in [-0.25, -0.2) is 15.0 Å². The SMILES string of the molecule is Nc1ncnc2c1ncn2[C@@H]1C=COC[C@H]1O. The fraction of sp³-hybridized carbons (Fsp3) is 0.300. The molecule has 0 saturated heterocycles. The van der Waals surface area contributed by atoms with E-state index in [4.69, 9.17) is 10.5 Å². The first-order chi connectivity index (χ1) is 8.27. The largest absolute Gasteiger partial charge is 0.499 e. The zero-order chi connectivity index (χ0) is 11.8. The molecule has 2 aromatic heterocycles. The van der Waals surface area contributed by atoms with Crippen molar-refractivity contribution >= 4 is 17.0 Å². The van der Waals surface area contributed by atoms with Crippen molar-refractivity contribution in [2.45, 2.75) is 12.1 Å². The van der Waals surface area contributed by atoms with Crippen molar-refractivity contribution in [2.75, 3.05) is 12.3 Å². The summed E-state index contributed by atoms with van der Waals surface area (Å²) in [5.74, 6) is 0.333. The highest BCUT2D eigenvalue weighted by atomic mass is 16.5. The highest BCUT2D eigenvalue weighted by Crippen LogP contribution is 2.24. The van der Waals surface area contributed by atoms with Crippen LogP contribution in [-0.2, 0) is 4.74 Å². The Morgan fingerprint density at radius 3 is 3.12 bits per heavy atom. The van der Waals surface area contributed by atoms with Crippen LogP contribution in [0.25, 0.3) is 11.2 Å². The Labute approximate surface area is 96.6 Å². The molecule has 0 radical (unpaired) electrons. The Kier molecular flexibility index (Phi) is 2.19. The Balaban J connectivity index is 2.14. The first-order valence-corrected chi connectivity index (χ1v) is 5.16. The number of nitrogen functional groups attached to an aromatic ring is 1. The lowest BCUT2D eigenvalue weighted by molar-refractivity contribution is 0.0429. The van der Waals surface area contributed by atoms with Gasteiger partial charge in [-0.05, 0) is 6.08 Å². The number of anilines is 1. The molecular weight excluding hydrogens is 222 g/mol. The van der Waals surface area contributed by atoms with Gasteiger partial charge in [0.25, 0.3) is 0 Å². The number of rotatable bonds is 1. The molecule has 0 amide bonds. The third-order valence-corrected chi connectivity index (χ3v) is 2.74. The van der Waals surface area contributed by atoms with Crippen molar-refractivity contribution in [3.8, 4) is 0 Å². The molecule has 2 atom stereocenters. The maximum absolute atomic E-state index is 9.87. The predicted octanol–water partition coefficient (Wildman–Crippen LogP) is -0.146. The molecule has 1 aliphatic heterocycles. The minimum absolute atomic E-state index is 0.247. The number of hydrogen-bond donors (Lipinski definition) is 2. The summed E-state index contributed by atoms with van der Waals surface area (Å²) in [6.45, 7) is 0.251. The first kappa shape index (κ1) is 10.0. The van der Waals surface area contributed by atoms with Gasteiger partial charge < -0.3 is 20.1 Å². The van der Waals surface area contributed by atoms with E-state index in [0.29, 0.717) is 17.0 Å². The van der Waals surface area contributed by atoms with Gasteiger partial charge in [-0.1, -0.05) is 0 Å². The monoisotopic (exact) mass is 233 g/mol. The van der Waals surface area contributed by atoms with Crippen LogP contribution >= 0.6 is 0 Å². The van der Waals surface area contributed by atoms with Gasteiger partial charge in [0.2, 0.25) is 0 Å². The lowest BCUT2D eigenvalue weighted by atomic mass is 10.1. The Morgan fingerprint density at radius 1 is 1.41 bits per heavy atom. The topological polar surface area (TPSA) is 99.1 Å². The Morgan fingerprint density at radius 2 is 2.29 bits per heavy atom. The maximum atomic E-state index is 9.87. The summed E-state index contributed by atoms with van der Waals surface area (Å²) >= 11 is 0. The molecule has 0 spiro atoms. The van der Waals surface area contributed by atoms with Gasteiger partial charge >= 0.3 is 0 Å². The molecule has 0 bridgehead atoms. The summed E-state index contributed by atoms with van der Waals surface area (Å²) in [6.07, 6.45) is 5.67. The van der Waals surface area contributed by atoms with Gasteiger partial charge in [0, 0.05) is 0 Å². The average Bonchev–Trinajstić information content (AvgIpc) is 2.75. The van der Waals surface area contributed by atoms with Gasteiger partial charge in [-0.3, -0.25) is 0 Å². The number of aliphatic hydroxyl groups excluding tert-OH is 1. The second-order valence-corrected chi connectivity index (χ2v) is 3.80. The van der Waals surface area contributed by atoms with Gasteiger partial charge in [0.1, 0.15) is 24.6 Å². The van der Waals surface area contributed by atoms with Crippen LogP contribution in [0.1, 0.15) is 6.04 Å². The number of aromatic nitrogens is 4. The highest BCUT2D eigenvalue weighted by molar-refractivity contribution is 5.81. The number of ether oxygens (including phenoxy) is 1. The lowest BCUT2D eigenvalue weighted by Gasteiger charge is -2.24. The molecule has 2 aromatic rings. The highest BCUT2D eigenvalue weighted by Gasteiger charge is 2.24. The van der Waals surface area contributed by atoms with Crippen LogP contribution in [0.5, 0.6) is 0 Å². The molecule has 0 unspecified atom stereocenters. The van der Waals surface area contributed by atoms with E-state index in [9.17, 15) is 5.11 Å². The quantitative estimate of drug-likeness (QED) is 0.711. The molecule has 3 rings (SSSR count). The molecular formula is C10H11N5O2. The number of aliphatic hydroxyl groups is 1. The second kappa shape index (κ2) is 3.70. The smallest absolute Gasteiger partial charge is 0.166 e. The van der Waals surface area contributed by atoms with Crippen LogP contribution < -0.4 is 5.73 Å². The molecule has 1 aliphatic rings. The van der Waals surface area contributed by atoms with Gasteiger partial charge in [0.05, 0.1) is 18.6 Å². The van der Waals surface area contributed by atoms with Crippen LogP contribution in [-0.4, -0.2) is 37.3 Å². The van der Waals surface area contributed by atoms with E-state index < -0.39 is 6.10 Å². The number of nitrogens with two attached hydrogens (primary N) is 1. The number of nitrogens with zero attached hydrogens (tertiary/aromatic N) is 4. The molecule has 7 heteroatoms. The fourth-order valence-electron chi connectivity index (χ4n) is 1.88. The zero-order valence-electron chi connectivity index (χ0n) is 8.89. The third kappa shape index (κ3) is 1.51. The van der Waals surface area contributed by atoms with Crippen LogP contribution in [0.3, 0.4) is 0 Å². The van der Waals surface area contributed by atoms with Gasteiger partial charge in [-0.15, -0.1) is 0 Å². The van der Waals surface area contributed by atoms with E-state index in [1.54, 1.807) is 23.2 Å². The molecule has 3 heterocycles. The fourth-order valence-corrected chi connectivity index (χ4v) is 1.88. The lowest BCUT2D eigenvalue weighted by Crippen LogP contribution is -2.29. The molecule has 0 aliphatic carbocycles. The van der Waals surface area contributed by atoms with Crippen LogP contribution in [0.15, 0.2) is 25.0 Å². The van der Waals surface area contributed by atoms with E-state index in [-0.39, 0.29) is 12.6 Å². The van der Waals surface area contributed by atoms with Crippen molar-refractivity contribution < 1.29 is 9.84 Å². The minimum Gasteiger partial charge on any atom is -0.499 e. The average molecular weight is 233 g/mol. The molecule has 0 fully saturated rings. The van der Waals surface area contributed by atoms with E-state index >= 15 is 0 Å². The minimum atomic E-state index is -0.631. The van der Waals surface area contributed by atoms with E-state index in [2.05, 4.69) is 15.0 Å². The van der Waals surface area contributed by atoms with Crippen LogP contribution in [0.4, 0.5) is 5.82 Å². The van der Waals surface area contributed by atoms with Crippen molar-refractivity contribution in [2.24, 2.45) is 0 Å². The molecule has 88 valence electrons. The summed E-state index contributed by atoms with van der Waals surface area (Å²) in [5, 5.41) is 9.87. The Bertz CT molecular complexity index is 579. The van der Waals surface area contributed by atoms with Crippen LogP contribution in [0, 0.1) is 0 Å². The first-order valence-electron chi connectivity index (χ1n) is 5.16. The van der Waals surface area contributed by atoms with Crippen molar-refractivity contribution in [3.05, 3.63) is 25.0 Å². The number of imidazole rings is 1. The number of hydrogen-bond acceptors (Lipinski definition) is 6. The van der Waals surface area contributed by atoms with Crippen molar-refractivity contribution in [3.63, 3.8) is 0 Å². The summed E-state index contributed by atoms with van der Waals surface area (Å²) in [7, 11) is 0. The van der Waals surface area contributed by atoms with Crippen molar-refractivity contribution in [1.82, 2.24) is 19.5 Å². The molecule has 17 heavy (non-hydrogen) atoms. The predicted molar refractivity (Wildman–Crippen MR) is 59.9 cm³/mol. The second-order valence-electron chi connectivity index (χ2n) is 3.80. The normalized spacial score (nSPS) is 23.8. The molecule has 0 aromatic carbocycles. The Hall–Kier alpha value is -2.15. The number of fused-ring (bicyclic) bond motifs is 1. The molecule has 7 nitrogen and oxygen atoms in total. The van der Waals surface area contributed by atoms with Crippen LogP contribution in [0.2, 0.25) is 0 Å². The summed E-state index contributed by atoms with van der Waals surface area (Å²) in [4.78, 5) is 12.2. The summed E-state index contributed by atoms with van der Waals surface area (Å²) in [6, 6.07) is -0.247. The molecule has 0 saturated carbocycles. The standard InChI is InChI=1S/C10H11N5O2/c11-9-8-10(13-4-12-9)15(5-14-8)6-1-2-17-3-7(6)16/h1-2,4-7,16H,3H2,(H2,11,12,13)/t6-,7-/m1/s1. The maximum Gasteiger partial charge on any atom is 0.166 e. The third-order valence-electron chi connectivity index (χ3n) is 2.74. The van der Waals surface area contributed by atoms with Crippen molar-refractivity contribution in [1.29, 1.82) is 0 Å². The zero-order valence-corrected chi connectivity index (χ0v) is 8.89. The van der Waals surface area contributed by atoms with Gasteiger partial charge in [-0.2, -0.15) is 0 Å². The van der Waals surface area contributed by atoms with Gasteiger partial charge in [0.15, 0.2) is 11.5 Å². The summed E-state index contributed by atoms with van der Waals surface area (Å²) < 4.78 is 6.79.